The van der Waals surface area contributed by atoms with Crippen LogP contribution in [0.3, 0.4) is 0 Å². The largest absolute Gasteiger partial charge is 0.377 e. The van der Waals surface area contributed by atoms with Crippen molar-refractivity contribution >= 4 is 39.2 Å². The predicted molar refractivity (Wildman–Crippen MR) is 119 cm³/mol. The molecule has 1 atom stereocenters. The average Bonchev–Trinajstić information content (AvgIpc) is 3.27. The SMILES string of the molecule is O=C(CNc1cccc2ncccc12)CC1CCCN(c2ncnc3[nH]ccc23)C1. The van der Waals surface area contributed by atoms with E-state index in [1.54, 1.807) is 12.5 Å². The van der Waals surface area contributed by atoms with Gasteiger partial charge in [-0.15, -0.1) is 0 Å². The summed E-state index contributed by atoms with van der Waals surface area (Å²) in [6.45, 7) is 2.14. The molecule has 2 N–H and O–H groups in total. The van der Waals surface area contributed by atoms with E-state index in [1.807, 2.05) is 42.6 Å². The molecule has 1 unspecified atom stereocenters. The number of carbonyl (C=O) groups excluding carboxylic acids is 1. The second-order valence-corrected chi connectivity index (χ2v) is 7.86. The molecule has 1 aromatic carbocycles. The maximum Gasteiger partial charge on any atom is 0.152 e. The Morgan fingerprint density at radius 3 is 3.07 bits per heavy atom. The van der Waals surface area contributed by atoms with Crippen LogP contribution in [0.5, 0.6) is 0 Å². The summed E-state index contributed by atoms with van der Waals surface area (Å²) in [5.41, 5.74) is 2.74. The molecule has 30 heavy (non-hydrogen) atoms. The lowest BCUT2D eigenvalue weighted by Crippen LogP contribution is -2.37. The summed E-state index contributed by atoms with van der Waals surface area (Å²) >= 11 is 0. The Kier molecular flexibility index (Phi) is 5.01. The molecule has 1 aliphatic rings. The lowest BCUT2D eigenvalue weighted by atomic mass is 9.92. The third-order valence-electron chi connectivity index (χ3n) is 5.79. The van der Waals surface area contributed by atoms with Gasteiger partial charge >= 0.3 is 0 Å². The van der Waals surface area contributed by atoms with E-state index in [0.29, 0.717) is 18.9 Å². The van der Waals surface area contributed by atoms with Crippen LogP contribution in [0.4, 0.5) is 11.5 Å². The number of aromatic nitrogens is 4. The number of H-pyrrole nitrogens is 1. The van der Waals surface area contributed by atoms with Gasteiger partial charge in [-0.05, 0) is 49.1 Å². The summed E-state index contributed by atoms with van der Waals surface area (Å²) in [4.78, 5) is 31.3. The number of benzene rings is 1. The summed E-state index contributed by atoms with van der Waals surface area (Å²) < 4.78 is 0. The van der Waals surface area contributed by atoms with E-state index in [4.69, 9.17) is 0 Å². The molecule has 0 saturated carbocycles. The zero-order valence-electron chi connectivity index (χ0n) is 16.7. The molecule has 0 radical (unpaired) electrons. The van der Waals surface area contributed by atoms with Crippen LogP contribution < -0.4 is 10.2 Å². The predicted octanol–water partition coefficient (Wildman–Crippen LogP) is 3.79. The number of nitrogens with zero attached hydrogens (tertiary/aromatic N) is 4. The van der Waals surface area contributed by atoms with Gasteiger partial charge in [-0.1, -0.05) is 6.07 Å². The monoisotopic (exact) mass is 400 g/mol. The standard InChI is InChI=1S/C23H24N6O/c30-17(13-26-21-7-1-6-20-18(21)5-2-9-24-20)12-16-4-3-11-29(14-16)23-19-8-10-25-22(19)27-15-28-23/h1-2,5-10,15-16,26H,3-4,11-14H2,(H,25,27,28). The van der Waals surface area contributed by atoms with Crippen molar-refractivity contribution in [1.29, 1.82) is 0 Å². The third kappa shape index (κ3) is 3.70. The smallest absolute Gasteiger partial charge is 0.152 e. The van der Waals surface area contributed by atoms with Gasteiger partial charge in [-0.3, -0.25) is 9.78 Å². The minimum Gasteiger partial charge on any atom is -0.377 e. The number of nitrogens with one attached hydrogen (secondary N) is 2. The number of Topliss-reactive ketones (excluding diaryl/α,β-unsaturated/α-hetero) is 1. The van der Waals surface area contributed by atoms with Gasteiger partial charge < -0.3 is 15.2 Å². The van der Waals surface area contributed by atoms with Crippen LogP contribution in [0.2, 0.25) is 0 Å². The normalized spacial score (nSPS) is 16.8. The molecule has 5 rings (SSSR count). The van der Waals surface area contributed by atoms with Crippen LogP contribution in [0.25, 0.3) is 21.9 Å². The average molecular weight is 400 g/mol. The Morgan fingerprint density at radius 2 is 2.10 bits per heavy atom. The van der Waals surface area contributed by atoms with Crippen molar-refractivity contribution in [2.75, 3.05) is 29.9 Å². The molecule has 0 bridgehead atoms. The molecular formula is C23H24N6O. The maximum absolute atomic E-state index is 12.7. The summed E-state index contributed by atoms with van der Waals surface area (Å²) in [5, 5.41) is 5.39. The number of anilines is 2. The minimum atomic E-state index is 0.234. The Balaban J connectivity index is 1.22. The summed E-state index contributed by atoms with van der Waals surface area (Å²) in [6, 6.07) is 11.9. The molecule has 3 aromatic heterocycles. The van der Waals surface area contributed by atoms with Gasteiger partial charge in [0.1, 0.15) is 17.8 Å². The number of ketones is 1. The Morgan fingerprint density at radius 1 is 1.13 bits per heavy atom. The molecule has 1 aliphatic heterocycles. The molecule has 1 fully saturated rings. The first-order chi connectivity index (χ1) is 14.8. The third-order valence-corrected chi connectivity index (χ3v) is 5.79. The highest BCUT2D eigenvalue weighted by molar-refractivity contribution is 5.93. The Hall–Kier alpha value is -3.48. The summed E-state index contributed by atoms with van der Waals surface area (Å²) in [7, 11) is 0. The van der Waals surface area contributed by atoms with Gasteiger partial charge in [0.15, 0.2) is 5.78 Å². The first-order valence-corrected chi connectivity index (χ1v) is 10.4. The highest BCUT2D eigenvalue weighted by Gasteiger charge is 2.24. The molecular weight excluding hydrogens is 376 g/mol. The van der Waals surface area contributed by atoms with E-state index in [2.05, 4.69) is 30.2 Å². The number of piperidine rings is 1. The molecule has 4 heterocycles. The lowest BCUT2D eigenvalue weighted by molar-refractivity contribution is -0.118. The van der Waals surface area contributed by atoms with Gasteiger partial charge in [0.25, 0.3) is 0 Å². The van der Waals surface area contributed by atoms with E-state index in [1.165, 1.54) is 0 Å². The van der Waals surface area contributed by atoms with Crippen molar-refractivity contribution < 1.29 is 4.79 Å². The Bertz CT molecular complexity index is 1180. The van der Waals surface area contributed by atoms with E-state index in [9.17, 15) is 4.79 Å². The Labute approximate surface area is 174 Å². The molecule has 1 saturated heterocycles. The van der Waals surface area contributed by atoms with Crippen LogP contribution in [0, 0.1) is 5.92 Å². The van der Waals surface area contributed by atoms with E-state index in [-0.39, 0.29) is 5.78 Å². The zero-order chi connectivity index (χ0) is 20.3. The van der Waals surface area contributed by atoms with Crippen molar-refractivity contribution in [3.8, 4) is 0 Å². The number of carbonyl (C=O) groups is 1. The highest BCUT2D eigenvalue weighted by atomic mass is 16.1. The molecule has 0 spiro atoms. The number of aromatic amines is 1. The number of pyridine rings is 1. The molecule has 4 aromatic rings. The first kappa shape index (κ1) is 18.5. The van der Waals surface area contributed by atoms with Gasteiger partial charge in [0.05, 0.1) is 17.4 Å². The number of hydrogen-bond donors (Lipinski definition) is 2. The van der Waals surface area contributed by atoms with Crippen molar-refractivity contribution in [3.63, 3.8) is 0 Å². The van der Waals surface area contributed by atoms with Gasteiger partial charge in [0, 0.05) is 43.0 Å². The maximum atomic E-state index is 12.7. The van der Waals surface area contributed by atoms with Crippen LogP contribution in [-0.2, 0) is 4.79 Å². The summed E-state index contributed by atoms with van der Waals surface area (Å²) in [6.07, 6.45) is 7.99. The molecule has 0 amide bonds. The number of hydrogen-bond acceptors (Lipinski definition) is 6. The minimum absolute atomic E-state index is 0.234. The molecule has 7 heteroatoms. The van der Waals surface area contributed by atoms with Gasteiger partial charge in [-0.2, -0.15) is 0 Å². The van der Waals surface area contributed by atoms with Gasteiger partial charge in [0.2, 0.25) is 0 Å². The second-order valence-electron chi connectivity index (χ2n) is 7.86. The summed E-state index contributed by atoms with van der Waals surface area (Å²) in [5.74, 6) is 1.53. The molecule has 7 nitrogen and oxygen atoms in total. The van der Waals surface area contributed by atoms with E-state index < -0.39 is 0 Å². The topological polar surface area (TPSA) is 86.8 Å². The van der Waals surface area contributed by atoms with Crippen molar-refractivity contribution in [3.05, 3.63) is 55.1 Å². The molecule has 152 valence electrons. The fourth-order valence-corrected chi connectivity index (χ4v) is 4.38. The van der Waals surface area contributed by atoms with Gasteiger partial charge in [-0.25, -0.2) is 9.97 Å². The fraction of sp³-hybridized carbons (Fsp3) is 0.304. The lowest BCUT2D eigenvalue weighted by Gasteiger charge is -2.33. The van der Waals surface area contributed by atoms with Crippen LogP contribution in [-0.4, -0.2) is 45.4 Å². The van der Waals surface area contributed by atoms with Crippen molar-refractivity contribution in [2.45, 2.75) is 19.3 Å². The fourth-order valence-electron chi connectivity index (χ4n) is 4.38. The van der Waals surface area contributed by atoms with E-state index >= 15 is 0 Å². The zero-order valence-corrected chi connectivity index (χ0v) is 16.7. The quantitative estimate of drug-likeness (QED) is 0.512. The second kappa shape index (κ2) is 8.10. The molecule has 0 aliphatic carbocycles. The van der Waals surface area contributed by atoms with Crippen LogP contribution in [0.15, 0.2) is 55.1 Å². The highest BCUT2D eigenvalue weighted by Crippen LogP contribution is 2.28. The van der Waals surface area contributed by atoms with Crippen molar-refractivity contribution in [2.24, 2.45) is 5.92 Å². The van der Waals surface area contributed by atoms with E-state index in [0.717, 1.165) is 59.4 Å². The first-order valence-electron chi connectivity index (χ1n) is 10.4. The van der Waals surface area contributed by atoms with Crippen LogP contribution >= 0.6 is 0 Å². The van der Waals surface area contributed by atoms with Crippen LogP contribution in [0.1, 0.15) is 19.3 Å². The number of fused-ring (bicyclic) bond motifs is 2. The van der Waals surface area contributed by atoms with Crippen molar-refractivity contribution in [1.82, 2.24) is 19.9 Å². The number of rotatable bonds is 6.